The summed E-state index contributed by atoms with van der Waals surface area (Å²) in [5, 5.41) is 9.41. The highest BCUT2D eigenvalue weighted by Crippen LogP contribution is 2.13. The fourth-order valence-electron chi connectivity index (χ4n) is 2.45. The lowest BCUT2D eigenvalue weighted by Gasteiger charge is -2.17. The smallest absolute Gasteiger partial charge is 0.257 e. The third kappa shape index (κ3) is 5.95. The molecule has 0 unspecified atom stereocenters. The van der Waals surface area contributed by atoms with Gasteiger partial charge in [0.2, 0.25) is 0 Å². The highest BCUT2D eigenvalue weighted by Gasteiger charge is 2.11. The summed E-state index contributed by atoms with van der Waals surface area (Å²) in [6.45, 7) is 3.16. The van der Waals surface area contributed by atoms with Crippen molar-refractivity contribution >= 4 is 11.9 Å². The van der Waals surface area contributed by atoms with Crippen LogP contribution in [0.4, 0.5) is 0 Å². The Labute approximate surface area is 143 Å². The molecule has 0 saturated carbocycles. The van der Waals surface area contributed by atoms with Crippen molar-refractivity contribution in [2.45, 2.75) is 32.4 Å². The van der Waals surface area contributed by atoms with E-state index in [-0.39, 0.29) is 12.5 Å². The van der Waals surface area contributed by atoms with Gasteiger partial charge in [0, 0.05) is 26.2 Å². The third-order valence-corrected chi connectivity index (χ3v) is 3.67. The van der Waals surface area contributed by atoms with Crippen molar-refractivity contribution < 1.29 is 9.53 Å². The first-order chi connectivity index (χ1) is 11.7. The molecule has 2 rings (SSSR count). The number of carbonyl (C=O) groups is 1. The first-order valence-corrected chi connectivity index (χ1v) is 8.32. The standard InChI is InChI=1S/C18H26N4O2/c1-3-20-17(23)13-24-16-10-6-7-14(11-16)12-21-18(19-2)22-15-8-4-5-9-15/h4-7,10-11,15H,3,8-9,12-13H2,1-2H3,(H,20,23)(H2,19,21,22). The van der Waals surface area contributed by atoms with Crippen LogP contribution in [0.25, 0.3) is 0 Å². The number of nitrogens with zero attached hydrogens (tertiary/aromatic N) is 1. The number of carbonyl (C=O) groups excluding carboxylic acids is 1. The second-order valence-corrected chi connectivity index (χ2v) is 5.60. The van der Waals surface area contributed by atoms with Crippen molar-refractivity contribution in [1.82, 2.24) is 16.0 Å². The van der Waals surface area contributed by atoms with Crippen molar-refractivity contribution in [3.8, 4) is 5.75 Å². The molecular weight excluding hydrogens is 304 g/mol. The first kappa shape index (κ1) is 17.8. The average Bonchev–Trinajstić information content (AvgIpc) is 3.10. The average molecular weight is 330 g/mol. The van der Waals surface area contributed by atoms with Gasteiger partial charge in [0.15, 0.2) is 12.6 Å². The maximum atomic E-state index is 11.4. The van der Waals surface area contributed by atoms with E-state index in [2.05, 4.69) is 33.1 Å². The lowest BCUT2D eigenvalue weighted by atomic mass is 10.2. The molecule has 6 heteroatoms. The number of ether oxygens (including phenoxy) is 1. The van der Waals surface area contributed by atoms with Crippen LogP contribution < -0.4 is 20.7 Å². The molecule has 0 aliphatic heterocycles. The van der Waals surface area contributed by atoms with Crippen LogP contribution in [0, 0.1) is 0 Å². The van der Waals surface area contributed by atoms with E-state index in [9.17, 15) is 4.79 Å². The minimum Gasteiger partial charge on any atom is -0.484 e. The maximum absolute atomic E-state index is 11.4. The Balaban J connectivity index is 1.81. The molecule has 0 spiro atoms. The Morgan fingerprint density at radius 2 is 2.08 bits per heavy atom. The maximum Gasteiger partial charge on any atom is 0.257 e. The quantitative estimate of drug-likeness (QED) is 0.403. The summed E-state index contributed by atoms with van der Waals surface area (Å²) in [5.41, 5.74) is 1.07. The molecule has 0 atom stereocenters. The number of rotatable bonds is 7. The van der Waals surface area contributed by atoms with Crippen molar-refractivity contribution in [2.75, 3.05) is 20.2 Å². The van der Waals surface area contributed by atoms with Gasteiger partial charge in [0.1, 0.15) is 5.75 Å². The number of nitrogens with one attached hydrogen (secondary N) is 3. The molecule has 3 N–H and O–H groups in total. The molecule has 1 aromatic carbocycles. The molecule has 1 aliphatic carbocycles. The van der Waals surface area contributed by atoms with E-state index in [1.807, 2.05) is 31.2 Å². The number of likely N-dealkylation sites (N-methyl/N-ethyl adjacent to an activating group) is 1. The van der Waals surface area contributed by atoms with Gasteiger partial charge in [0.25, 0.3) is 5.91 Å². The molecule has 0 bridgehead atoms. The minimum absolute atomic E-state index is 0.0304. The van der Waals surface area contributed by atoms with Gasteiger partial charge in [0.05, 0.1) is 0 Å². The molecule has 6 nitrogen and oxygen atoms in total. The molecular formula is C18H26N4O2. The predicted octanol–water partition coefficient (Wildman–Crippen LogP) is 1.59. The zero-order chi connectivity index (χ0) is 17.2. The van der Waals surface area contributed by atoms with E-state index in [0.29, 0.717) is 24.9 Å². The van der Waals surface area contributed by atoms with Crippen LogP contribution in [0.5, 0.6) is 5.75 Å². The normalized spacial score (nSPS) is 14.5. The van der Waals surface area contributed by atoms with E-state index in [4.69, 9.17) is 4.74 Å². The Hall–Kier alpha value is -2.50. The second-order valence-electron chi connectivity index (χ2n) is 5.60. The van der Waals surface area contributed by atoms with E-state index < -0.39 is 0 Å². The summed E-state index contributed by atoms with van der Waals surface area (Å²) >= 11 is 0. The molecule has 0 heterocycles. The van der Waals surface area contributed by atoms with Crippen LogP contribution in [-0.2, 0) is 11.3 Å². The molecule has 0 fully saturated rings. The summed E-state index contributed by atoms with van der Waals surface area (Å²) in [5.74, 6) is 1.36. The summed E-state index contributed by atoms with van der Waals surface area (Å²) in [4.78, 5) is 15.7. The van der Waals surface area contributed by atoms with Crippen LogP contribution in [0.3, 0.4) is 0 Å². The molecule has 0 radical (unpaired) electrons. The molecule has 1 aromatic rings. The minimum atomic E-state index is -0.115. The van der Waals surface area contributed by atoms with Crippen LogP contribution >= 0.6 is 0 Å². The third-order valence-electron chi connectivity index (χ3n) is 3.67. The Kier molecular flexibility index (Phi) is 7.14. The van der Waals surface area contributed by atoms with Gasteiger partial charge in [-0.15, -0.1) is 0 Å². The van der Waals surface area contributed by atoms with Crippen LogP contribution in [0.2, 0.25) is 0 Å². The van der Waals surface area contributed by atoms with E-state index >= 15 is 0 Å². The topological polar surface area (TPSA) is 74.8 Å². The largest absolute Gasteiger partial charge is 0.484 e. The van der Waals surface area contributed by atoms with Gasteiger partial charge in [-0.1, -0.05) is 24.3 Å². The Morgan fingerprint density at radius 3 is 2.79 bits per heavy atom. The Bertz CT molecular complexity index is 590. The molecule has 0 aromatic heterocycles. The summed E-state index contributed by atoms with van der Waals surface area (Å²) in [6.07, 6.45) is 6.43. The van der Waals surface area contributed by atoms with Crippen LogP contribution in [0.15, 0.2) is 41.4 Å². The molecule has 24 heavy (non-hydrogen) atoms. The van der Waals surface area contributed by atoms with Crippen molar-refractivity contribution in [1.29, 1.82) is 0 Å². The summed E-state index contributed by atoms with van der Waals surface area (Å²) in [7, 11) is 1.77. The fraction of sp³-hybridized carbons (Fsp3) is 0.444. The lowest BCUT2D eigenvalue weighted by molar-refractivity contribution is -0.122. The zero-order valence-corrected chi connectivity index (χ0v) is 14.3. The van der Waals surface area contributed by atoms with Crippen molar-refractivity contribution in [3.05, 3.63) is 42.0 Å². The van der Waals surface area contributed by atoms with Gasteiger partial charge in [-0.25, -0.2) is 0 Å². The number of hydrogen-bond acceptors (Lipinski definition) is 3. The number of hydrogen-bond donors (Lipinski definition) is 3. The predicted molar refractivity (Wildman–Crippen MR) is 96.1 cm³/mol. The monoisotopic (exact) mass is 330 g/mol. The molecule has 130 valence electrons. The van der Waals surface area contributed by atoms with Gasteiger partial charge < -0.3 is 20.7 Å². The number of benzene rings is 1. The zero-order valence-electron chi connectivity index (χ0n) is 14.3. The molecule has 1 amide bonds. The van der Waals surface area contributed by atoms with Crippen LogP contribution in [-0.4, -0.2) is 38.1 Å². The molecule has 0 saturated heterocycles. The number of aliphatic imine (C=N–C) groups is 1. The van der Waals surface area contributed by atoms with Gasteiger partial charge >= 0.3 is 0 Å². The molecule has 1 aliphatic rings. The highest BCUT2D eigenvalue weighted by molar-refractivity contribution is 5.80. The number of guanidine groups is 1. The number of amides is 1. The van der Waals surface area contributed by atoms with Gasteiger partial charge in [-0.2, -0.15) is 0 Å². The van der Waals surface area contributed by atoms with Gasteiger partial charge in [-0.3, -0.25) is 9.79 Å². The fourth-order valence-corrected chi connectivity index (χ4v) is 2.45. The first-order valence-electron chi connectivity index (χ1n) is 8.32. The van der Waals surface area contributed by atoms with Crippen molar-refractivity contribution in [3.63, 3.8) is 0 Å². The highest BCUT2D eigenvalue weighted by atomic mass is 16.5. The SMILES string of the molecule is CCNC(=O)COc1cccc(CNC(=NC)NC2CC=CC2)c1. The summed E-state index contributed by atoms with van der Waals surface area (Å²) < 4.78 is 5.51. The summed E-state index contributed by atoms with van der Waals surface area (Å²) in [6, 6.07) is 8.12. The van der Waals surface area contributed by atoms with E-state index in [1.165, 1.54) is 0 Å². The second kappa shape index (κ2) is 9.60. The Morgan fingerprint density at radius 1 is 1.29 bits per heavy atom. The van der Waals surface area contributed by atoms with E-state index in [1.54, 1.807) is 7.05 Å². The van der Waals surface area contributed by atoms with Crippen LogP contribution in [0.1, 0.15) is 25.3 Å². The van der Waals surface area contributed by atoms with E-state index in [0.717, 1.165) is 24.4 Å². The van der Waals surface area contributed by atoms with Crippen molar-refractivity contribution in [2.24, 2.45) is 4.99 Å². The lowest BCUT2D eigenvalue weighted by Crippen LogP contribution is -2.42. The van der Waals surface area contributed by atoms with Gasteiger partial charge in [-0.05, 0) is 37.5 Å².